The van der Waals surface area contributed by atoms with Gasteiger partial charge in [-0.3, -0.25) is 4.98 Å². The molecule has 1 aromatic heterocycles. The van der Waals surface area contributed by atoms with Crippen molar-refractivity contribution in [3.05, 3.63) is 118 Å². The van der Waals surface area contributed by atoms with Crippen molar-refractivity contribution in [2.75, 3.05) is 32.1 Å². The van der Waals surface area contributed by atoms with E-state index in [9.17, 15) is 14.3 Å². The lowest BCUT2D eigenvalue weighted by atomic mass is 9.59. The third-order valence-corrected chi connectivity index (χ3v) is 13.7. The van der Waals surface area contributed by atoms with E-state index in [2.05, 4.69) is 61.2 Å². The van der Waals surface area contributed by atoms with Gasteiger partial charge in [0.15, 0.2) is 0 Å². The topological polar surface area (TPSA) is 83.9 Å². The van der Waals surface area contributed by atoms with Crippen molar-refractivity contribution >= 4 is 23.3 Å². The van der Waals surface area contributed by atoms with Crippen molar-refractivity contribution in [2.24, 2.45) is 11.8 Å². The predicted octanol–water partition coefficient (Wildman–Crippen LogP) is 11.1. The zero-order valence-corrected chi connectivity index (χ0v) is 35.5. The molecule has 0 aliphatic heterocycles. The Labute approximate surface area is 349 Å². The molecule has 0 amide bonds. The van der Waals surface area contributed by atoms with Crippen molar-refractivity contribution < 1.29 is 23.8 Å². The van der Waals surface area contributed by atoms with Crippen LogP contribution in [0.2, 0.25) is 5.02 Å². The van der Waals surface area contributed by atoms with Gasteiger partial charge in [0.2, 0.25) is 0 Å². The number of hydrogen-bond donors (Lipinski definition) is 2. The maximum absolute atomic E-state index is 13.3. The summed E-state index contributed by atoms with van der Waals surface area (Å²) in [4.78, 5) is 20.1. The zero-order chi connectivity index (χ0) is 40.9. The number of nitrogens with zero attached hydrogens (tertiary/aromatic N) is 2. The molecule has 1 saturated carbocycles. The molecule has 0 saturated heterocycles. The quantitative estimate of drug-likeness (QED) is 0.110. The maximum Gasteiger partial charge on any atom is 0.329 e. The number of anilines is 1. The molecule has 0 bridgehead atoms. The average Bonchev–Trinajstić information content (AvgIpc) is 3.48. The van der Waals surface area contributed by atoms with Crippen molar-refractivity contribution in [2.45, 2.75) is 121 Å². The third kappa shape index (κ3) is 9.66. The van der Waals surface area contributed by atoms with Gasteiger partial charge in [-0.25, -0.2) is 9.18 Å². The van der Waals surface area contributed by atoms with Gasteiger partial charge in [-0.1, -0.05) is 49.7 Å². The van der Waals surface area contributed by atoms with Crippen molar-refractivity contribution in [3.8, 4) is 11.5 Å². The molecule has 3 aromatic carbocycles. The van der Waals surface area contributed by atoms with Gasteiger partial charge in [0.25, 0.3) is 0 Å². The van der Waals surface area contributed by atoms with E-state index >= 15 is 0 Å². The standard InChI is InChI=1S/C49H61ClFN3O4/c1-33(32-57-45-19-25-52-44-12-5-8-34(2)46(44)45)28-38-29-37-15-18-42(58-35(3)9-7-26-54(4)27-20-36-13-16-40(51)17-14-36)31-43(37)48(38)21-23-49(24-22-48,47(55)56)53-41-11-6-10-39(50)30-41/h6,10-11,13-19,25,30-31,33-35,38,53H,5,7-9,12,20-24,26-29,32H2,1-4H3,(H,55,56)/t33-,34-,35?,38+,48?,49?/m1/s1. The molecule has 3 aliphatic rings. The number of nitrogens with one attached hydrogen (secondary N) is 1. The van der Waals surface area contributed by atoms with Gasteiger partial charge in [-0.15, -0.1) is 0 Å². The smallest absolute Gasteiger partial charge is 0.329 e. The van der Waals surface area contributed by atoms with E-state index in [4.69, 9.17) is 21.1 Å². The minimum atomic E-state index is -1.08. The fourth-order valence-electron chi connectivity index (χ4n) is 10.2. The van der Waals surface area contributed by atoms with E-state index in [-0.39, 0.29) is 17.3 Å². The molecule has 1 spiro atoms. The van der Waals surface area contributed by atoms with Crippen LogP contribution in [-0.4, -0.2) is 59.3 Å². The first-order valence-corrected chi connectivity index (χ1v) is 21.9. The summed E-state index contributed by atoms with van der Waals surface area (Å²) in [5.74, 6) is 1.96. The Bertz CT molecular complexity index is 2020. The van der Waals surface area contributed by atoms with Gasteiger partial charge in [-0.05, 0) is 186 Å². The molecule has 310 valence electrons. The first-order valence-electron chi connectivity index (χ1n) is 21.5. The van der Waals surface area contributed by atoms with E-state index < -0.39 is 11.5 Å². The van der Waals surface area contributed by atoms with E-state index in [1.54, 1.807) is 0 Å². The number of aromatic nitrogens is 1. The number of pyridine rings is 1. The van der Waals surface area contributed by atoms with Crippen molar-refractivity contribution in [3.63, 3.8) is 0 Å². The van der Waals surface area contributed by atoms with Gasteiger partial charge in [0, 0.05) is 34.7 Å². The lowest BCUT2D eigenvalue weighted by Gasteiger charge is -2.47. The Kier molecular flexibility index (Phi) is 13.3. The summed E-state index contributed by atoms with van der Waals surface area (Å²) in [7, 11) is 2.14. The number of carbonyl (C=O) groups is 1. The number of likely N-dealkylation sites (N-methyl/N-ethyl adjacent to an activating group) is 1. The zero-order valence-electron chi connectivity index (χ0n) is 34.7. The summed E-state index contributed by atoms with van der Waals surface area (Å²) in [6.45, 7) is 9.25. The van der Waals surface area contributed by atoms with E-state index in [1.165, 1.54) is 47.4 Å². The summed E-state index contributed by atoms with van der Waals surface area (Å²) in [5.41, 5.74) is 5.78. The molecule has 58 heavy (non-hydrogen) atoms. The fraction of sp³-hybridized carbons (Fsp3) is 0.510. The van der Waals surface area contributed by atoms with Crippen LogP contribution < -0.4 is 14.8 Å². The van der Waals surface area contributed by atoms with Crippen LogP contribution in [0.15, 0.2) is 79.0 Å². The number of hydrogen-bond acceptors (Lipinski definition) is 6. The Hall–Kier alpha value is -4.14. The molecule has 0 radical (unpaired) electrons. The number of ether oxygens (including phenoxy) is 2. The molecule has 7 nitrogen and oxygen atoms in total. The minimum Gasteiger partial charge on any atom is -0.493 e. The fourth-order valence-corrected chi connectivity index (χ4v) is 10.4. The summed E-state index contributed by atoms with van der Waals surface area (Å²) in [5, 5.41) is 14.7. The Morgan fingerprint density at radius 3 is 2.60 bits per heavy atom. The Balaban J connectivity index is 1.04. The molecule has 2 N–H and O–H groups in total. The highest BCUT2D eigenvalue weighted by molar-refractivity contribution is 6.30. The number of benzene rings is 3. The molecule has 4 aromatic rings. The van der Waals surface area contributed by atoms with Crippen LogP contribution in [0.5, 0.6) is 11.5 Å². The van der Waals surface area contributed by atoms with Crippen LogP contribution >= 0.6 is 11.6 Å². The molecule has 9 heteroatoms. The molecule has 1 heterocycles. The number of rotatable bonds is 17. The number of fused-ring (bicyclic) bond motifs is 3. The van der Waals surface area contributed by atoms with Gasteiger partial charge >= 0.3 is 5.97 Å². The summed E-state index contributed by atoms with van der Waals surface area (Å²) < 4.78 is 26.5. The Morgan fingerprint density at radius 1 is 1.05 bits per heavy atom. The van der Waals surface area contributed by atoms with Gasteiger partial charge < -0.3 is 24.8 Å². The van der Waals surface area contributed by atoms with E-state index in [1.807, 2.05) is 48.7 Å². The molecule has 3 aliphatic carbocycles. The third-order valence-electron chi connectivity index (χ3n) is 13.4. The second-order valence-corrected chi connectivity index (χ2v) is 18.2. The summed E-state index contributed by atoms with van der Waals surface area (Å²) >= 11 is 6.32. The van der Waals surface area contributed by atoms with Crippen molar-refractivity contribution in [1.82, 2.24) is 9.88 Å². The van der Waals surface area contributed by atoms with Gasteiger partial charge in [0.1, 0.15) is 22.9 Å². The number of aliphatic carboxylic acids is 1. The highest BCUT2D eigenvalue weighted by Crippen LogP contribution is 2.57. The second-order valence-electron chi connectivity index (χ2n) is 17.8. The van der Waals surface area contributed by atoms with E-state index in [0.29, 0.717) is 42.2 Å². The normalized spacial score (nSPS) is 23.6. The van der Waals surface area contributed by atoms with Gasteiger partial charge in [-0.2, -0.15) is 0 Å². The van der Waals surface area contributed by atoms with Crippen LogP contribution in [0.4, 0.5) is 10.1 Å². The van der Waals surface area contributed by atoms with Crippen LogP contribution in [0.3, 0.4) is 0 Å². The van der Waals surface area contributed by atoms with Crippen LogP contribution in [0.1, 0.15) is 112 Å². The molecule has 1 unspecified atom stereocenters. The number of carboxylic acids is 1. The highest BCUT2D eigenvalue weighted by Gasteiger charge is 2.54. The molecular formula is C49H61ClFN3O4. The monoisotopic (exact) mass is 809 g/mol. The maximum atomic E-state index is 13.3. The lowest BCUT2D eigenvalue weighted by molar-refractivity contribution is -0.144. The largest absolute Gasteiger partial charge is 0.493 e. The first-order chi connectivity index (χ1) is 27.9. The summed E-state index contributed by atoms with van der Waals surface area (Å²) in [6, 6.07) is 22.9. The second kappa shape index (κ2) is 18.4. The average molecular weight is 810 g/mol. The first kappa shape index (κ1) is 42.0. The molecule has 1 fully saturated rings. The lowest BCUT2D eigenvalue weighted by Crippen LogP contribution is -2.53. The van der Waals surface area contributed by atoms with E-state index in [0.717, 1.165) is 87.2 Å². The molecular weight excluding hydrogens is 749 g/mol. The van der Waals surface area contributed by atoms with Crippen LogP contribution in [0.25, 0.3) is 0 Å². The SMILES string of the molecule is CC(CCCN(C)CCc1ccc(F)cc1)Oc1ccc2c(c1)C1(CCC(Nc3cccc(Cl)c3)(C(=O)O)CC1)[C@@H](C[C@@H](C)COc1ccnc3c1[C@H](C)CCC3)C2. The Morgan fingerprint density at radius 2 is 1.84 bits per heavy atom. The number of carboxylic acid groups (broad SMARTS) is 1. The van der Waals surface area contributed by atoms with Crippen LogP contribution in [0, 0.1) is 17.7 Å². The van der Waals surface area contributed by atoms with Gasteiger partial charge in [0.05, 0.1) is 12.7 Å². The van der Waals surface area contributed by atoms with Crippen molar-refractivity contribution in [1.29, 1.82) is 0 Å². The predicted molar refractivity (Wildman–Crippen MR) is 231 cm³/mol. The molecule has 7 rings (SSSR count). The molecule has 4 atom stereocenters. The number of aryl methyl sites for hydroxylation is 1. The summed E-state index contributed by atoms with van der Waals surface area (Å²) in [6.07, 6.45) is 12.6. The highest BCUT2D eigenvalue weighted by atomic mass is 35.5. The van der Waals surface area contributed by atoms with Crippen LogP contribution in [-0.2, 0) is 29.5 Å². The number of halogens is 2. The minimum absolute atomic E-state index is 0.0448.